The highest BCUT2D eigenvalue weighted by atomic mass is 19.2. The summed E-state index contributed by atoms with van der Waals surface area (Å²) in [6, 6.07) is 8.24. The maximum atomic E-state index is 13.4. The van der Waals surface area contributed by atoms with Gasteiger partial charge in [-0.15, -0.1) is 0 Å². The van der Waals surface area contributed by atoms with E-state index in [1.807, 2.05) is 6.07 Å². The van der Waals surface area contributed by atoms with Gasteiger partial charge in [0.2, 0.25) is 5.95 Å². The van der Waals surface area contributed by atoms with Gasteiger partial charge >= 0.3 is 0 Å². The van der Waals surface area contributed by atoms with E-state index in [4.69, 9.17) is 5.26 Å². The third-order valence-electron chi connectivity index (χ3n) is 2.43. The number of amides is 1. The minimum absolute atomic E-state index is 0.108. The molecule has 0 unspecified atom stereocenters. The minimum Gasteiger partial charge on any atom is -0.321 e. The zero-order valence-electron chi connectivity index (χ0n) is 9.82. The number of carbonyl (C=O) groups is 1. The molecule has 1 heterocycles. The van der Waals surface area contributed by atoms with Crippen LogP contribution in [0.3, 0.4) is 0 Å². The van der Waals surface area contributed by atoms with E-state index >= 15 is 0 Å². The van der Waals surface area contributed by atoms with Crippen molar-refractivity contribution < 1.29 is 18.0 Å². The molecule has 0 saturated carbocycles. The number of pyridine rings is 1. The highest BCUT2D eigenvalue weighted by Crippen LogP contribution is 2.17. The van der Waals surface area contributed by atoms with Gasteiger partial charge in [-0.25, -0.2) is 4.39 Å². The van der Waals surface area contributed by atoms with Crippen LogP contribution in [0.4, 0.5) is 18.9 Å². The van der Waals surface area contributed by atoms with Crippen molar-refractivity contribution in [1.82, 2.24) is 4.98 Å². The fourth-order valence-electron chi connectivity index (χ4n) is 1.51. The maximum absolute atomic E-state index is 13.4. The van der Waals surface area contributed by atoms with E-state index in [1.165, 1.54) is 12.1 Å². The molecule has 0 aliphatic rings. The average Bonchev–Trinajstić information content (AvgIpc) is 2.43. The smallest absolute Gasteiger partial charge is 0.259 e. The molecule has 0 aliphatic carbocycles. The van der Waals surface area contributed by atoms with Crippen LogP contribution < -0.4 is 5.32 Å². The van der Waals surface area contributed by atoms with Crippen LogP contribution in [0.15, 0.2) is 30.3 Å². The molecule has 0 bridgehead atoms. The van der Waals surface area contributed by atoms with E-state index in [0.29, 0.717) is 6.07 Å². The second-order valence-electron chi connectivity index (χ2n) is 3.71. The topological polar surface area (TPSA) is 65.8 Å². The SMILES string of the molecule is N#Cc1ccccc1NC(=O)c1cc(F)nc(F)c1F. The van der Waals surface area contributed by atoms with Crippen LogP contribution in [-0.4, -0.2) is 10.9 Å². The van der Waals surface area contributed by atoms with Crippen LogP contribution in [0, 0.1) is 29.0 Å². The van der Waals surface area contributed by atoms with Gasteiger partial charge in [0.05, 0.1) is 16.8 Å². The van der Waals surface area contributed by atoms with Crippen molar-refractivity contribution in [2.45, 2.75) is 0 Å². The van der Waals surface area contributed by atoms with Gasteiger partial charge in [-0.1, -0.05) is 12.1 Å². The summed E-state index contributed by atoms with van der Waals surface area (Å²) >= 11 is 0. The lowest BCUT2D eigenvalue weighted by Gasteiger charge is -2.07. The molecule has 1 aromatic heterocycles. The first kappa shape index (κ1) is 13.5. The quantitative estimate of drug-likeness (QED) is 0.858. The molecular weight excluding hydrogens is 271 g/mol. The molecule has 1 amide bonds. The van der Waals surface area contributed by atoms with Crippen LogP contribution in [0.25, 0.3) is 0 Å². The Bertz CT molecular complexity index is 725. The van der Waals surface area contributed by atoms with Crippen LogP contribution in [0.2, 0.25) is 0 Å². The van der Waals surface area contributed by atoms with Gasteiger partial charge in [-0.2, -0.15) is 19.0 Å². The molecule has 0 radical (unpaired) electrons. The lowest BCUT2D eigenvalue weighted by molar-refractivity contribution is 0.102. The molecule has 2 rings (SSSR count). The van der Waals surface area contributed by atoms with Crippen LogP contribution in [0.5, 0.6) is 0 Å². The monoisotopic (exact) mass is 277 g/mol. The number of nitrogens with zero attached hydrogens (tertiary/aromatic N) is 2. The number of nitriles is 1. The van der Waals surface area contributed by atoms with E-state index < -0.39 is 29.2 Å². The Morgan fingerprint density at radius 1 is 1.25 bits per heavy atom. The van der Waals surface area contributed by atoms with Crippen molar-refractivity contribution in [3.63, 3.8) is 0 Å². The highest BCUT2D eigenvalue weighted by molar-refractivity contribution is 6.05. The summed E-state index contributed by atoms with van der Waals surface area (Å²) in [7, 11) is 0. The number of nitrogens with one attached hydrogen (secondary N) is 1. The Labute approximate surface area is 111 Å². The summed E-state index contributed by atoms with van der Waals surface area (Å²) in [5.74, 6) is -5.66. The fraction of sp³-hybridized carbons (Fsp3) is 0. The number of benzene rings is 1. The molecule has 7 heteroatoms. The van der Waals surface area contributed by atoms with Gasteiger partial charge in [-0.3, -0.25) is 4.79 Å². The number of aromatic nitrogens is 1. The van der Waals surface area contributed by atoms with E-state index in [-0.39, 0.29) is 11.3 Å². The molecule has 0 saturated heterocycles. The normalized spacial score (nSPS) is 9.90. The van der Waals surface area contributed by atoms with E-state index in [1.54, 1.807) is 12.1 Å². The molecular formula is C13H6F3N3O. The van der Waals surface area contributed by atoms with Crippen molar-refractivity contribution in [1.29, 1.82) is 5.26 Å². The van der Waals surface area contributed by atoms with Crippen molar-refractivity contribution in [3.05, 3.63) is 59.2 Å². The first-order valence-corrected chi connectivity index (χ1v) is 5.35. The number of para-hydroxylation sites is 1. The van der Waals surface area contributed by atoms with Gasteiger partial charge in [0.25, 0.3) is 11.9 Å². The summed E-state index contributed by atoms with van der Waals surface area (Å²) in [5, 5.41) is 11.0. The molecule has 20 heavy (non-hydrogen) atoms. The second kappa shape index (κ2) is 5.40. The molecule has 2 aromatic rings. The predicted molar refractivity (Wildman–Crippen MR) is 63.2 cm³/mol. The number of rotatable bonds is 2. The lowest BCUT2D eigenvalue weighted by Crippen LogP contribution is -2.16. The summed E-state index contributed by atoms with van der Waals surface area (Å²) in [6.45, 7) is 0. The third kappa shape index (κ3) is 2.59. The van der Waals surface area contributed by atoms with Gasteiger partial charge < -0.3 is 5.32 Å². The zero-order chi connectivity index (χ0) is 14.7. The Kier molecular flexibility index (Phi) is 3.66. The Balaban J connectivity index is 2.36. The molecule has 4 nitrogen and oxygen atoms in total. The van der Waals surface area contributed by atoms with Gasteiger partial charge in [0.15, 0.2) is 5.82 Å². The largest absolute Gasteiger partial charge is 0.321 e. The standard InChI is InChI=1S/C13H6F3N3O/c14-10-5-8(11(15)12(16)19-10)13(20)18-9-4-2-1-3-7(9)6-17/h1-5H,(H,18,20). The van der Waals surface area contributed by atoms with E-state index in [0.717, 1.165) is 0 Å². The van der Waals surface area contributed by atoms with Crippen LogP contribution in [0.1, 0.15) is 15.9 Å². The second-order valence-corrected chi connectivity index (χ2v) is 3.71. The third-order valence-corrected chi connectivity index (χ3v) is 2.43. The first-order chi connectivity index (χ1) is 9.52. The molecule has 0 spiro atoms. The maximum Gasteiger partial charge on any atom is 0.259 e. The zero-order valence-corrected chi connectivity index (χ0v) is 9.82. The molecule has 0 fully saturated rings. The molecule has 100 valence electrons. The Morgan fingerprint density at radius 2 is 1.95 bits per heavy atom. The number of anilines is 1. The average molecular weight is 277 g/mol. The van der Waals surface area contributed by atoms with Crippen LogP contribution >= 0.6 is 0 Å². The van der Waals surface area contributed by atoms with Crippen LogP contribution in [-0.2, 0) is 0 Å². The van der Waals surface area contributed by atoms with E-state index in [9.17, 15) is 18.0 Å². The fourth-order valence-corrected chi connectivity index (χ4v) is 1.51. The Morgan fingerprint density at radius 3 is 2.65 bits per heavy atom. The van der Waals surface area contributed by atoms with Crippen molar-refractivity contribution in [2.24, 2.45) is 0 Å². The number of hydrogen-bond acceptors (Lipinski definition) is 3. The van der Waals surface area contributed by atoms with Crippen molar-refractivity contribution in [2.75, 3.05) is 5.32 Å². The van der Waals surface area contributed by atoms with Gasteiger partial charge in [0, 0.05) is 6.07 Å². The number of halogens is 3. The van der Waals surface area contributed by atoms with E-state index in [2.05, 4.69) is 10.3 Å². The first-order valence-electron chi connectivity index (χ1n) is 5.35. The molecule has 1 aromatic carbocycles. The summed E-state index contributed by atoms with van der Waals surface area (Å²) in [6.07, 6.45) is 0. The van der Waals surface area contributed by atoms with Gasteiger partial charge in [-0.05, 0) is 12.1 Å². The molecule has 0 aliphatic heterocycles. The predicted octanol–water partition coefficient (Wildman–Crippen LogP) is 2.62. The van der Waals surface area contributed by atoms with Crippen molar-refractivity contribution in [3.8, 4) is 6.07 Å². The minimum atomic E-state index is -1.70. The molecule has 0 atom stereocenters. The molecule has 1 N–H and O–H groups in total. The van der Waals surface area contributed by atoms with Crippen molar-refractivity contribution >= 4 is 11.6 Å². The number of hydrogen-bond donors (Lipinski definition) is 1. The summed E-state index contributed by atoms with van der Waals surface area (Å²) in [4.78, 5) is 14.4. The summed E-state index contributed by atoms with van der Waals surface area (Å²) < 4.78 is 39.2. The number of carbonyl (C=O) groups excluding carboxylic acids is 1. The highest BCUT2D eigenvalue weighted by Gasteiger charge is 2.19. The van der Waals surface area contributed by atoms with Gasteiger partial charge in [0.1, 0.15) is 6.07 Å². The Hall–Kier alpha value is -2.88. The summed E-state index contributed by atoms with van der Waals surface area (Å²) in [5.41, 5.74) is -0.587. The lowest BCUT2D eigenvalue weighted by atomic mass is 10.1.